The number of fused-ring (bicyclic) bond motifs is 1. The summed E-state index contributed by atoms with van der Waals surface area (Å²) in [5.41, 5.74) is 0.217. The summed E-state index contributed by atoms with van der Waals surface area (Å²) in [6, 6.07) is 12.8. The van der Waals surface area contributed by atoms with Gasteiger partial charge in [-0.1, -0.05) is 24.3 Å². The predicted molar refractivity (Wildman–Crippen MR) is 105 cm³/mol. The first-order valence-corrected chi connectivity index (χ1v) is 8.68. The molecule has 3 rings (SSSR count). The molecule has 0 bridgehead atoms. The molecule has 0 fully saturated rings. The average Bonchev–Trinajstić information content (AvgIpc) is 2.59. The molecular formula is C17H12N2Na2O6S. The second-order valence-electron chi connectivity index (χ2n) is 5.31. The molecule has 3 N–H and O–H groups in total. The molecule has 0 aliphatic carbocycles. The minimum Gasteiger partial charge on any atom is -0.507 e. The zero-order valence-electron chi connectivity index (χ0n) is 15.1. The van der Waals surface area contributed by atoms with Crippen LogP contribution in [0.3, 0.4) is 0 Å². The second kappa shape index (κ2) is 9.95. The Kier molecular flexibility index (Phi) is 8.79. The second-order valence-corrected chi connectivity index (χ2v) is 6.70. The third kappa shape index (κ3) is 5.40. The first kappa shape index (κ1) is 24.7. The standard InChI is InChI=1S/C17H12N2O6S.2Na/c20-15-7-5-10(9-13(15)17(21)22)18-19-14-6-8-16(26(23,24)25)12-4-2-1-3-11(12)14;;/h1-9,20H,(H,21,22)(H,23,24,25);;. The molecule has 11 heteroatoms. The van der Waals surface area contributed by atoms with Gasteiger partial charge in [0.15, 0.2) is 0 Å². The number of carbonyl (C=O) groups is 1. The fourth-order valence-corrected chi connectivity index (χ4v) is 3.13. The van der Waals surface area contributed by atoms with Crippen molar-refractivity contribution in [2.24, 2.45) is 10.2 Å². The van der Waals surface area contributed by atoms with Crippen molar-refractivity contribution in [3.05, 3.63) is 60.2 Å². The molecule has 0 spiro atoms. The fraction of sp³-hybridized carbons (Fsp3) is 0. The van der Waals surface area contributed by atoms with Gasteiger partial charge in [0, 0.05) is 69.9 Å². The van der Waals surface area contributed by atoms with Gasteiger partial charge in [0.05, 0.1) is 11.4 Å². The number of rotatable bonds is 4. The van der Waals surface area contributed by atoms with Crippen LogP contribution in [-0.4, -0.2) is 88.3 Å². The Morgan fingerprint density at radius 2 is 1.54 bits per heavy atom. The number of phenols is 1. The largest absolute Gasteiger partial charge is 0.507 e. The summed E-state index contributed by atoms with van der Waals surface area (Å²) < 4.78 is 32.3. The predicted octanol–water partition coefficient (Wildman–Crippen LogP) is 3.14. The molecule has 0 aliphatic heterocycles. The molecule has 0 atom stereocenters. The summed E-state index contributed by atoms with van der Waals surface area (Å²) in [6.45, 7) is 0. The van der Waals surface area contributed by atoms with Gasteiger partial charge in [0.1, 0.15) is 16.2 Å². The fourth-order valence-electron chi connectivity index (χ4n) is 2.44. The van der Waals surface area contributed by atoms with E-state index in [0.29, 0.717) is 11.1 Å². The summed E-state index contributed by atoms with van der Waals surface area (Å²) in [6.07, 6.45) is 0. The number of benzene rings is 3. The molecule has 0 amide bonds. The minimum atomic E-state index is -4.40. The number of nitrogens with zero attached hydrogens (tertiary/aromatic N) is 2. The van der Waals surface area contributed by atoms with E-state index in [-0.39, 0.29) is 86.4 Å². The van der Waals surface area contributed by atoms with Gasteiger partial charge in [0.25, 0.3) is 10.1 Å². The van der Waals surface area contributed by atoms with Crippen LogP contribution in [0.5, 0.6) is 5.75 Å². The Bertz CT molecular complexity index is 1170. The van der Waals surface area contributed by atoms with Crippen LogP contribution in [0.25, 0.3) is 10.8 Å². The van der Waals surface area contributed by atoms with Gasteiger partial charge in [0.2, 0.25) is 0 Å². The van der Waals surface area contributed by atoms with Crippen LogP contribution in [0.2, 0.25) is 0 Å². The van der Waals surface area contributed by atoms with E-state index in [2.05, 4.69) is 10.2 Å². The van der Waals surface area contributed by atoms with E-state index in [1.165, 1.54) is 30.3 Å². The van der Waals surface area contributed by atoms with Gasteiger partial charge in [-0.15, -0.1) is 5.11 Å². The number of carboxylic acid groups (broad SMARTS) is 1. The van der Waals surface area contributed by atoms with Crippen molar-refractivity contribution in [3.63, 3.8) is 0 Å². The maximum Gasteiger partial charge on any atom is 0.339 e. The molecule has 2 radical (unpaired) electrons. The zero-order valence-corrected chi connectivity index (χ0v) is 19.9. The molecule has 3 aromatic rings. The summed E-state index contributed by atoms with van der Waals surface area (Å²) in [7, 11) is -4.40. The molecule has 3 aromatic carbocycles. The van der Waals surface area contributed by atoms with Crippen LogP contribution in [0.1, 0.15) is 10.4 Å². The van der Waals surface area contributed by atoms with Gasteiger partial charge in [-0.3, -0.25) is 4.55 Å². The molecule has 0 saturated heterocycles. The topological polar surface area (TPSA) is 137 Å². The smallest absolute Gasteiger partial charge is 0.339 e. The van der Waals surface area contributed by atoms with Gasteiger partial charge in [-0.2, -0.15) is 13.5 Å². The quantitative estimate of drug-likeness (QED) is 0.338. The van der Waals surface area contributed by atoms with Gasteiger partial charge in [-0.25, -0.2) is 4.79 Å². The van der Waals surface area contributed by atoms with E-state index < -0.39 is 16.1 Å². The van der Waals surface area contributed by atoms with Crippen LogP contribution in [-0.2, 0) is 10.1 Å². The Hall–Kier alpha value is -1.30. The number of azo groups is 1. The van der Waals surface area contributed by atoms with Crippen molar-refractivity contribution >= 4 is 97.3 Å². The Morgan fingerprint density at radius 1 is 0.893 bits per heavy atom. The molecule has 28 heavy (non-hydrogen) atoms. The van der Waals surface area contributed by atoms with E-state index in [1.807, 2.05) is 0 Å². The molecule has 0 unspecified atom stereocenters. The summed E-state index contributed by atoms with van der Waals surface area (Å²) in [5.74, 6) is -1.69. The van der Waals surface area contributed by atoms with Gasteiger partial charge >= 0.3 is 5.97 Å². The first-order valence-electron chi connectivity index (χ1n) is 7.24. The van der Waals surface area contributed by atoms with Crippen molar-refractivity contribution in [1.82, 2.24) is 0 Å². The minimum absolute atomic E-state index is 0. The van der Waals surface area contributed by atoms with E-state index >= 15 is 0 Å². The first-order chi connectivity index (χ1) is 12.3. The number of hydrogen-bond acceptors (Lipinski definition) is 6. The number of carboxylic acids is 1. The molecule has 0 saturated carbocycles. The van der Waals surface area contributed by atoms with Gasteiger partial charge in [-0.05, 0) is 30.3 Å². The zero-order chi connectivity index (χ0) is 18.9. The third-order valence-corrected chi connectivity index (χ3v) is 4.53. The van der Waals surface area contributed by atoms with Crippen molar-refractivity contribution in [1.29, 1.82) is 0 Å². The van der Waals surface area contributed by atoms with Crippen LogP contribution in [0, 0.1) is 0 Å². The monoisotopic (exact) mass is 418 g/mol. The van der Waals surface area contributed by atoms with Crippen LogP contribution < -0.4 is 0 Å². The van der Waals surface area contributed by atoms with E-state index in [9.17, 15) is 22.9 Å². The third-order valence-electron chi connectivity index (χ3n) is 3.62. The summed E-state index contributed by atoms with van der Waals surface area (Å²) in [5, 5.41) is 27.2. The van der Waals surface area contributed by atoms with E-state index in [0.717, 1.165) is 6.07 Å². The molecule has 8 nitrogen and oxygen atoms in total. The summed E-state index contributed by atoms with van der Waals surface area (Å²) >= 11 is 0. The van der Waals surface area contributed by atoms with Gasteiger partial charge < -0.3 is 10.2 Å². The molecular weight excluding hydrogens is 406 g/mol. The van der Waals surface area contributed by atoms with Crippen molar-refractivity contribution in [2.45, 2.75) is 4.90 Å². The Balaban J connectivity index is 0.00000196. The molecule has 0 aromatic heterocycles. The van der Waals surface area contributed by atoms with E-state index in [1.54, 1.807) is 18.2 Å². The number of hydrogen-bond donors (Lipinski definition) is 3. The molecule has 0 aliphatic rings. The van der Waals surface area contributed by atoms with Crippen molar-refractivity contribution in [3.8, 4) is 5.75 Å². The summed E-state index contributed by atoms with van der Waals surface area (Å²) in [4.78, 5) is 10.8. The molecule has 0 heterocycles. The Labute approximate surface area is 204 Å². The molecule has 134 valence electrons. The maximum absolute atomic E-state index is 11.5. The SMILES string of the molecule is O=C(O)c1cc(N=Nc2ccc(S(=O)(=O)O)c3ccccc23)ccc1O.[Na].[Na]. The van der Waals surface area contributed by atoms with E-state index in [4.69, 9.17) is 5.11 Å². The average molecular weight is 418 g/mol. The van der Waals surface area contributed by atoms with Crippen LogP contribution >= 0.6 is 0 Å². The number of aromatic carboxylic acids is 1. The van der Waals surface area contributed by atoms with Crippen molar-refractivity contribution in [2.75, 3.05) is 0 Å². The normalized spacial score (nSPS) is 11.0. The Morgan fingerprint density at radius 3 is 2.14 bits per heavy atom. The van der Waals surface area contributed by atoms with Crippen LogP contribution in [0.4, 0.5) is 11.4 Å². The van der Waals surface area contributed by atoms with Crippen LogP contribution in [0.15, 0.2) is 69.7 Å². The maximum atomic E-state index is 11.5. The number of aromatic hydroxyl groups is 1. The van der Waals surface area contributed by atoms with Crippen molar-refractivity contribution < 1.29 is 28.0 Å².